The molecule has 0 atom stereocenters. The lowest BCUT2D eigenvalue weighted by Gasteiger charge is -2.24. The van der Waals surface area contributed by atoms with Crippen LogP contribution in [0.1, 0.15) is 19.4 Å². The first-order valence-corrected chi connectivity index (χ1v) is 5.60. The summed E-state index contributed by atoms with van der Waals surface area (Å²) in [4.78, 5) is 0. The van der Waals surface area contributed by atoms with Gasteiger partial charge in [0.05, 0.1) is 5.02 Å². The van der Waals surface area contributed by atoms with Crippen LogP contribution in [0.4, 0.5) is 8.78 Å². The lowest BCUT2D eigenvalue weighted by Crippen LogP contribution is -2.21. The molecule has 0 saturated heterocycles. The molecule has 1 aromatic rings. The van der Waals surface area contributed by atoms with Crippen molar-refractivity contribution in [3.8, 4) is 0 Å². The van der Waals surface area contributed by atoms with E-state index < -0.39 is 17.0 Å². The third-order valence-electron chi connectivity index (χ3n) is 2.05. The Balaban J connectivity index is 3.40. The molecule has 1 rings (SSSR count). The van der Waals surface area contributed by atoms with Gasteiger partial charge in [-0.2, -0.15) is 0 Å². The van der Waals surface area contributed by atoms with Gasteiger partial charge in [0, 0.05) is 16.3 Å². The number of rotatable bonds is 2. The molecule has 0 unspecified atom stereocenters. The predicted octanol–water partition coefficient (Wildman–Crippen LogP) is 4.29. The molecule has 0 N–H and O–H groups in total. The highest BCUT2D eigenvalue weighted by Crippen LogP contribution is 2.34. The summed E-state index contributed by atoms with van der Waals surface area (Å²) in [5.74, 6) is -1.06. The second-order valence-electron chi connectivity index (χ2n) is 3.74. The molecular formula is C10H10BrClF2. The van der Waals surface area contributed by atoms with Gasteiger partial charge < -0.3 is 0 Å². The molecule has 0 saturated carbocycles. The van der Waals surface area contributed by atoms with E-state index >= 15 is 0 Å². The zero-order chi connectivity index (χ0) is 10.9. The Hall–Kier alpha value is -0.150. The number of hydrogen-bond donors (Lipinski definition) is 0. The van der Waals surface area contributed by atoms with Crippen LogP contribution in [-0.2, 0) is 5.41 Å². The van der Waals surface area contributed by atoms with E-state index in [9.17, 15) is 8.78 Å². The van der Waals surface area contributed by atoms with Crippen LogP contribution < -0.4 is 0 Å². The molecule has 0 amide bonds. The minimum absolute atomic E-state index is 0.130. The normalized spacial score (nSPS) is 11.9. The average molecular weight is 284 g/mol. The van der Waals surface area contributed by atoms with E-state index in [0.29, 0.717) is 5.33 Å². The monoisotopic (exact) mass is 282 g/mol. The van der Waals surface area contributed by atoms with Crippen molar-refractivity contribution >= 4 is 27.5 Å². The van der Waals surface area contributed by atoms with Crippen LogP contribution in [0.5, 0.6) is 0 Å². The maximum Gasteiger partial charge on any atom is 0.142 e. The molecule has 0 aliphatic rings. The van der Waals surface area contributed by atoms with E-state index in [4.69, 9.17) is 11.6 Å². The van der Waals surface area contributed by atoms with Crippen molar-refractivity contribution in [2.75, 3.05) is 5.33 Å². The molecule has 0 aromatic heterocycles. The van der Waals surface area contributed by atoms with Crippen LogP contribution >= 0.6 is 27.5 Å². The lowest BCUT2D eigenvalue weighted by molar-refractivity contribution is 0.519. The van der Waals surface area contributed by atoms with Crippen LogP contribution in [0.2, 0.25) is 5.02 Å². The Morgan fingerprint density at radius 2 is 1.79 bits per heavy atom. The van der Waals surface area contributed by atoms with Crippen molar-refractivity contribution in [3.05, 3.63) is 34.4 Å². The highest BCUT2D eigenvalue weighted by molar-refractivity contribution is 9.09. The fourth-order valence-electron chi connectivity index (χ4n) is 1.21. The van der Waals surface area contributed by atoms with Gasteiger partial charge in [-0.15, -0.1) is 0 Å². The van der Waals surface area contributed by atoms with E-state index in [2.05, 4.69) is 15.9 Å². The molecule has 4 heteroatoms. The summed E-state index contributed by atoms with van der Waals surface area (Å²) in [6.45, 7) is 3.59. The molecule has 0 heterocycles. The second-order valence-corrected chi connectivity index (χ2v) is 4.67. The van der Waals surface area contributed by atoms with Gasteiger partial charge in [-0.25, -0.2) is 8.78 Å². The molecule has 0 bridgehead atoms. The number of hydrogen-bond acceptors (Lipinski definition) is 0. The number of alkyl halides is 1. The minimum Gasteiger partial charge on any atom is -0.207 e. The topological polar surface area (TPSA) is 0 Å². The average Bonchev–Trinajstić information content (AvgIpc) is 2.12. The van der Waals surface area contributed by atoms with E-state index in [1.54, 1.807) is 13.8 Å². The number of benzene rings is 1. The molecule has 0 fully saturated rings. The zero-order valence-corrected chi connectivity index (χ0v) is 10.2. The third kappa shape index (κ3) is 2.09. The van der Waals surface area contributed by atoms with Gasteiger partial charge in [-0.1, -0.05) is 41.4 Å². The van der Waals surface area contributed by atoms with E-state index in [-0.39, 0.29) is 10.6 Å². The summed E-state index contributed by atoms with van der Waals surface area (Å²) in [6.07, 6.45) is 0. The first-order valence-electron chi connectivity index (χ1n) is 4.10. The molecule has 0 nitrogen and oxygen atoms in total. The maximum atomic E-state index is 13.4. The van der Waals surface area contributed by atoms with Crippen molar-refractivity contribution in [3.63, 3.8) is 0 Å². The Morgan fingerprint density at radius 1 is 1.29 bits per heavy atom. The van der Waals surface area contributed by atoms with Gasteiger partial charge in [0.2, 0.25) is 0 Å². The van der Waals surface area contributed by atoms with Crippen molar-refractivity contribution in [2.45, 2.75) is 19.3 Å². The quantitative estimate of drug-likeness (QED) is 0.561. The minimum atomic E-state index is -0.586. The summed E-state index contributed by atoms with van der Waals surface area (Å²) in [5.41, 5.74) is -0.306. The first-order chi connectivity index (χ1) is 6.40. The molecule has 0 aliphatic heterocycles. The Bertz CT molecular complexity index is 350. The summed E-state index contributed by atoms with van der Waals surface area (Å²) in [6, 6.07) is 2.13. The summed E-state index contributed by atoms with van der Waals surface area (Å²) >= 11 is 8.98. The van der Waals surface area contributed by atoms with Crippen LogP contribution in [0.3, 0.4) is 0 Å². The Morgan fingerprint density at radius 3 is 2.29 bits per heavy atom. The van der Waals surface area contributed by atoms with Crippen molar-refractivity contribution in [1.29, 1.82) is 0 Å². The largest absolute Gasteiger partial charge is 0.207 e. The van der Waals surface area contributed by atoms with Crippen LogP contribution in [0, 0.1) is 11.6 Å². The van der Waals surface area contributed by atoms with Gasteiger partial charge in [0.15, 0.2) is 0 Å². The van der Waals surface area contributed by atoms with Gasteiger partial charge in [0.25, 0.3) is 0 Å². The molecule has 14 heavy (non-hydrogen) atoms. The highest BCUT2D eigenvalue weighted by atomic mass is 79.9. The fraction of sp³-hybridized carbons (Fsp3) is 0.400. The van der Waals surface area contributed by atoms with E-state index in [1.165, 1.54) is 0 Å². The maximum absolute atomic E-state index is 13.4. The summed E-state index contributed by atoms with van der Waals surface area (Å²) in [5, 5.41) is 0.384. The van der Waals surface area contributed by atoms with Crippen LogP contribution in [-0.4, -0.2) is 5.33 Å². The Kier molecular flexibility index (Phi) is 3.53. The summed E-state index contributed by atoms with van der Waals surface area (Å²) in [7, 11) is 0. The van der Waals surface area contributed by atoms with Crippen molar-refractivity contribution in [1.82, 2.24) is 0 Å². The molecular weight excluding hydrogens is 273 g/mol. The molecule has 0 aliphatic carbocycles. The first kappa shape index (κ1) is 11.9. The molecule has 78 valence electrons. The SMILES string of the molecule is CC(C)(CBr)c1c(F)ccc(F)c1Cl. The van der Waals surface area contributed by atoms with Crippen molar-refractivity contribution in [2.24, 2.45) is 0 Å². The van der Waals surface area contributed by atoms with Crippen LogP contribution in [0.25, 0.3) is 0 Å². The smallest absolute Gasteiger partial charge is 0.142 e. The lowest BCUT2D eigenvalue weighted by atomic mass is 9.86. The molecule has 0 radical (unpaired) electrons. The second kappa shape index (κ2) is 4.15. The van der Waals surface area contributed by atoms with Gasteiger partial charge in [-0.05, 0) is 12.1 Å². The van der Waals surface area contributed by atoms with Gasteiger partial charge in [0.1, 0.15) is 11.6 Å². The van der Waals surface area contributed by atoms with E-state index in [0.717, 1.165) is 12.1 Å². The fourth-order valence-corrected chi connectivity index (χ4v) is 1.90. The van der Waals surface area contributed by atoms with Crippen LogP contribution in [0.15, 0.2) is 12.1 Å². The van der Waals surface area contributed by atoms with Crippen molar-refractivity contribution < 1.29 is 8.78 Å². The van der Waals surface area contributed by atoms with Gasteiger partial charge >= 0.3 is 0 Å². The zero-order valence-electron chi connectivity index (χ0n) is 7.87. The predicted molar refractivity (Wildman–Crippen MR) is 58.2 cm³/mol. The molecule has 1 aromatic carbocycles. The Labute approximate surface area is 95.4 Å². The number of halogens is 4. The van der Waals surface area contributed by atoms with Gasteiger partial charge in [-0.3, -0.25) is 0 Å². The molecule has 0 spiro atoms. The van der Waals surface area contributed by atoms with E-state index in [1.807, 2.05) is 0 Å². The summed E-state index contributed by atoms with van der Waals surface area (Å²) < 4.78 is 26.6. The standard InChI is InChI=1S/C10H10BrClF2/c1-10(2,5-11)8-6(13)3-4-7(14)9(8)12/h3-4H,5H2,1-2H3. The highest BCUT2D eigenvalue weighted by Gasteiger charge is 2.27. The third-order valence-corrected chi connectivity index (χ3v) is 3.83.